The minimum atomic E-state index is -0.763. The summed E-state index contributed by atoms with van der Waals surface area (Å²) >= 11 is 5.82. The molecule has 10 heteroatoms. The van der Waals surface area contributed by atoms with Gasteiger partial charge in [-0.3, -0.25) is 4.79 Å². The fourth-order valence-electron chi connectivity index (χ4n) is 3.28. The van der Waals surface area contributed by atoms with Crippen molar-refractivity contribution in [2.75, 3.05) is 11.9 Å². The maximum atomic E-state index is 13.4. The summed E-state index contributed by atoms with van der Waals surface area (Å²) in [7, 11) is 0. The number of aliphatic hydroxyl groups excluding tert-OH is 1. The van der Waals surface area contributed by atoms with Crippen LogP contribution in [0.2, 0.25) is 5.02 Å². The van der Waals surface area contributed by atoms with Crippen LogP contribution in [0.4, 0.5) is 20.4 Å². The van der Waals surface area contributed by atoms with Gasteiger partial charge in [0.25, 0.3) is 5.91 Å². The summed E-state index contributed by atoms with van der Waals surface area (Å²) in [4.78, 5) is 21.5. The largest absolute Gasteiger partial charge is 0.394 e. The zero-order valence-electron chi connectivity index (χ0n) is 18.0. The van der Waals surface area contributed by atoms with E-state index in [1.165, 1.54) is 30.3 Å². The van der Waals surface area contributed by atoms with E-state index in [1.54, 1.807) is 41.4 Å². The van der Waals surface area contributed by atoms with Crippen LogP contribution in [-0.2, 0) is 0 Å². The molecular weight excluding hydrogens is 464 g/mol. The van der Waals surface area contributed by atoms with Crippen molar-refractivity contribution in [2.45, 2.75) is 13.0 Å². The Bertz CT molecular complexity index is 1330. The average Bonchev–Trinajstić information content (AvgIpc) is 3.32. The van der Waals surface area contributed by atoms with Crippen LogP contribution in [-0.4, -0.2) is 32.2 Å². The van der Waals surface area contributed by atoms with Crippen molar-refractivity contribution in [3.05, 3.63) is 100 Å². The maximum Gasteiger partial charge on any atom is 0.253 e. The number of benzene rings is 2. The first-order valence-electron chi connectivity index (χ1n) is 10.3. The Kier molecular flexibility index (Phi) is 6.85. The maximum absolute atomic E-state index is 13.4. The molecule has 3 N–H and O–H groups in total. The molecule has 0 aliphatic carbocycles. The lowest BCUT2D eigenvalue weighted by Crippen LogP contribution is -2.30. The second kappa shape index (κ2) is 9.98. The second-order valence-corrected chi connectivity index (χ2v) is 7.93. The lowest BCUT2D eigenvalue weighted by Gasteiger charge is -2.17. The fourth-order valence-corrected chi connectivity index (χ4v) is 3.47. The van der Waals surface area contributed by atoms with E-state index in [2.05, 4.69) is 20.6 Å². The zero-order chi connectivity index (χ0) is 24.2. The normalized spacial score (nSPS) is 11.8. The van der Waals surface area contributed by atoms with Gasteiger partial charge in [0.15, 0.2) is 0 Å². The van der Waals surface area contributed by atoms with E-state index in [9.17, 15) is 18.7 Å². The SMILES string of the molecule is Cc1cnc(Nc2ccc(F)cc2)nc1-n1ccc(C(=O)N[C@H](CO)c2ccc(F)c(Cl)c2)c1. The highest BCUT2D eigenvalue weighted by Crippen LogP contribution is 2.22. The summed E-state index contributed by atoms with van der Waals surface area (Å²) < 4.78 is 28.2. The molecule has 7 nitrogen and oxygen atoms in total. The number of anilines is 2. The number of amides is 1. The third-order valence-corrected chi connectivity index (χ3v) is 5.37. The van der Waals surface area contributed by atoms with Crippen LogP contribution in [0.3, 0.4) is 0 Å². The number of rotatable bonds is 7. The zero-order valence-corrected chi connectivity index (χ0v) is 18.7. The third-order valence-electron chi connectivity index (χ3n) is 5.08. The molecule has 174 valence electrons. The number of aromatic nitrogens is 3. The number of hydrogen-bond acceptors (Lipinski definition) is 5. The Morgan fingerprint density at radius 1 is 1.18 bits per heavy atom. The molecular formula is C24H20ClF2N5O2. The molecule has 0 bridgehead atoms. The van der Waals surface area contributed by atoms with Gasteiger partial charge in [0.05, 0.1) is 23.2 Å². The van der Waals surface area contributed by atoms with Crippen LogP contribution in [0.15, 0.2) is 67.1 Å². The molecule has 4 rings (SSSR count). The summed E-state index contributed by atoms with van der Waals surface area (Å²) in [6.07, 6.45) is 4.90. The van der Waals surface area contributed by atoms with Gasteiger partial charge in [0, 0.05) is 29.8 Å². The molecule has 0 saturated carbocycles. The van der Waals surface area contributed by atoms with Gasteiger partial charge < -0.3 is 20.3 Å². The van der Waals surface area contributed by atoms with Crippen LogP contribution in [0, 0.1) is 18.6 Å². The monoisotopic (exact) mass is 483 g/mol. The highest BCUT2D eigenvalue weighted by atomic mass is 35.5. The van der Waals surface area contributed by atoms with E-state index in [0.29, 0.717) is 28.6 Å². The molecule has 4 aromatic rings. The molecule has 2 aromatic heterocycles. The average molecular weight is 484 g/mol. The Morgan fingerprint density at radius 2 is 1.94 bits per heavy atom. The van der Waals surface area contributed by atoms with E-state index in [4.69, 9.17) is 11.6 Å². The summed E-state index contributed by atoms with van der Waals surface area (Å²) in [5, 5.41) is 15.4. The Morgan fingerprint density at radius 3 is 2.65 bits per heavy atom. The molecule has 34 heavy (non-hydrogen) atoms. The van der Waals surface area contributed by atoms with Crippen molar-refractivity contribution < 1.29 is 18.7 Å². The van der Waals surface area contributed by atoms with Crippen LogP contribution < -0.4 is 10.6 Å². The standard InChI is InChI=1S/C24H20ClF2N5O2/c1-14-11-28-24(29-18-5-3-17(26)4-6-18)31-22(14)32-9-8-16(12-32)23(34)30-21(13-33)15-2-7-20(27)19(25)10-15/h2-12,21,33H,13H2,1H3,(H,30,34)(H,28,29,31)/t21-/m1/s1. The Balaban J connectivity index is 1.52. The van der Waals surface area contributed by atoms with Gasteiger partial charge in [-0.05, 0) is 55.0 Å². The summed E-state index contributed by atoms with van der Waals surface area (Å²) in [6.45, 7) is 1.44. The van der Waals surface area contributed by atoms with E-state index in [1.807, 2.05) is 6.92 Å². The lowest BCUT2D eigenvalue weighted by atomic mass is 10.1. The van der Waals surface area contributed by atoms with E-state index in [-0.39, 0.29) is 10.8 Å². The van der Waals surface area contributed by atoms with Gasteiger partial charge in [-0.1, -0.05) is 17.7 Å². The first-order chi connectivity index (χ1) is 16.3. The van der Waals surface area contributed by atoms with Gasteiger partial charge in [-0.25, -0.2) is 13.8 Å². The predicted octanol–water partition coefficient (Wildman–Crippen LogP) is 4.71. The summed E-state index contributed by atoms with van der Waals surface area (Å²) in [6, 6.07) is 10.6. The number of carbonyl (C=O) groups excluding carboxylic acids is 1. The number of nitrogens with one attached hydrogen (secondary N) is 2. The van der Waals surface area contributed by atoms with Gasteiger partial charge in [-0.2, -0.15) is 4.98 Å². The molecule has 1 amide bonds. The van der Waals surface area contributed by atoms with Crippen LogP contribution in [0.1, 0.15) is 27.5 Å². The summed E-state index contributed by atoms with van der Waals surface area (Å²) in [5.41, 5.74) is 2.20. The van der Waals surface area contributed by atoms with Crippen LogP contribution in [0.5, 0.6) is 0 Å². The number of aryl methyl sites for hydroxylation is 1. The first-order valence-corrected chi connectivity index (χ1v) is 10.6. The highest BCUT2D eigenvalue weighted by Gasteiger charge is 2.18. The van der Waals surface area contributed by atoms with E-state index in [0.717, 1.165) is 5.56 Å². The van der Waals surface area contributed by atoms with Crippen molar-refractivity contribution in [1.29, 1.82) is 0 Å². The third kappa shape index (κ3) is 5.22. The molecule has 0 aliphatic rings. The number of halogens is 3. The molecule has 0 radical (unpaired) electrons. The molecule has 1 atom stereocenters. The quantitative estimate of drug-likeness (QED) is 0.354. The molecule has 0 unspecified atom stereocenters. The molecule has 0 spiro atoms. The van der Waals surface area contributed by atoms with Gasteiger partial charge in [0.2, 0.25) is 5.95 Å². The summed E-state index contributed by atoms with van der Waals surface area (Å²) in [5.74, 6) is -0.517. The van der Waals surface area contributed by atoms with Gasteiger partial charge >= 0.3 is 0 Å². The van der Waals surface area contributed by atoms with Gasteiger partial charge in [0.1, 0.15) is 17.5 Å². The lowest BCUT2D eigenvalue weighted by molar-refractivity contribution is 0.0916. The van der Waals surface area contributed by atoms with E-state index >= 15 is 0 Å². The van der Waals surface area contributed by atoms with Crippen molar-refractivity contribution in [2.24, 2.45) is 0 Å². The molecule has 2 heterocycles. The number of hydrogen-bond donors (Lipinski definition) is 3. The second-order valence-electron chi connectivity index (χ2n) is 7.52. The minimum absolute atomic E-state index is 0.0966. The molecule has 2 aromatic carbocycles. The molecule has 0 saturated heterocycles. The van der Waals surface area contributed by atoms with Crippen LogP contribution >= 0.6 is 11.6 Å². The predicted molar refractivity (Wildman–Crippen MR) is 124 cm³/mol. The van der Waals surface area contributed by atoms with E-state index < -0.39 is 24.4 Å². The van der Waals surface area contributed by atoms with Crippen molar-refractivity contribution in [3.8, 4) is 5.82 Å². The minimum Gasteiger partial charge on any atom is -0.394 e. The number of carbonyl (C=O) groups is 1. The van der Waals surface area contributed by atoms with Crippen molar-refractivity contribution in [3.63, 3.8) is 0 Å². The van der Waals surface area contributed by atoms with Gasteiger partial charge in [-0.15, -0.1) is 0 Å². The molecule has 0 fully saturated rings. The number of aliphatic hydroxyl groups is 1. The smallest absolute Gasteiger partial charge is 0.253 e. The highest BCUT2D eigenvalue weighted by molar-refractivity contribution is 6.30. The number of nitrogens with zero attached hydrogens (tertiary/aromatic N) is 3. The van der Waals surface area contributed by atoms with Crippen LogP contribution in [0.25, 0.3) is 5.82 Å². The molecule has 0 aliphatic heterocycles. The Labute approximate surface area is 199 Å². The van der Waals surface area contributed by atoms with Crippen molar-refractivity contribution in [1.82, 2.24) is 19.9 Å². The van der Waals surface area contributed by atoms with Crippen molar-refractivity contribution >= 4 is 29.1 Å². The first kappa shape index (κ1) is 23.3. The Hall–Kier alpha value is -3.82. The fraction of sp³-hybridized carbons (Fsp3) is 0.125. The topological polar surface area (TPSA) is 92.1 Å².